The number of benzene rings is 1. The molecule has 0 bridgehead atoms. The van der Waals surface area contributed by atoms with Crippen molar-refractivity contribution in [1.82, 2.24) is 24.4 Å². The highest BCUT2D eigenvalue weighted by Gasteiger charge is 2.30. The number of aromatic nitrogens is 4. The van der Waals surface area contributed by atoms with Crippen molar-refractivity contribution in [3.8, 4) is 5.88 Å². The van der Waals surface area contributed by atoms with Gasteiger partial charge in [0.2, 0.25) is 11.8 Å². The Kier molecular flexibility index (Phi) is 6.67. The van der Waals surface area contributed by atoms with E-state index < -0.39 is 11.7 Å². The molecule has 4 aromatic rings. The van der Waals surface area contributed by atoms with Crippen LogP contribution in [0.3, 0.4) is 0 Å². The molecule has 0 saturated carbocycles. The molecule has 1 aliphatic rings. The van der Waals surface area contributed by atoms with Gasteiger partial charge in [-0.25, -0.2) is 19.3 Å². The summed E-state index contributed by atoms with van der Waals surface area (Å²) in [6.07, 6.45) is 4.81. The van der Waals surface area contributed by atoms with Gasteiger partial charge in [0.25, 0.3) is 5.91 Å². The predicted octanol–water partition coefficient (Wildman–Crippen LogP) is 2.96. The van der Waals surface area contributed by atoms with Crippen LogP contribution >= 0.6 is 0 Å². The predicted molar refractivity (Wildman–Crippen MR) is 136 cm³/mol. The number of nitrogens with zero attached hydrogens (tertiary/aromatic N) is 6. The molecule has 2 amide bonds. The molecule has 1 saturated heterocycles. The fourth-order valence-electron chi connectivity index (χ4n) is 4.56. The zero-order valence-electron chi connectivity index (χ0n) is 20.5. The van der Waals surface area contributed by atoms with Gasteiger partial charge in [-0.1, -0.05) is 0 Å². The van der Waals surface area contributed by atoms with Crippen LogP contribution in [0.25, 0.3) is 11.2 Å². The number of ether oxygens (including phenoxy) is 1. The molecular weight excluding hydrogens is 477 g/mol. The minimum Gasteiger partial charge on any atom is -0.481 e. The minimum absolute atomic E-state index is 0.0409. The molecule has 3 aromatic heterocycles. The van der Waals surface area contributed by atoms with Crippen LogP contribution in [0.5, 0.6) is 5.88 Å². The lowest BCUT2D eigenvalue weighted by Crippen LogP contribution is -2.55. The second kappa shape index (κ2) is 10.2. The Morgan fingerprint density at radius 3 is 2.78 bits per heavy atom. The lowest BCUT2D eigenvalue weighted by atomic mass is 10.1. The molecule has 10 nitrogen and oxygen atoms in total. The average Bonchev–Trinajstić information content (AvgIpc) is 3.31. The molecule has 1 atom stereocenters. The molecule has 1 aromatic carbocycles. The van der Waals surface area contributed by atoms with Gasteiger partial charge in [-0.3, -0.25) is 9.59 Å². The smallest absolute Gasteiger partial charge is 0.257 e. The maximum absolute atomic E-state index is 14.2. The number of carbonyl (C=O) groups excluding carboxylic acids is 2. The number of nitrogens with one attached hydrogen (secondary N) is 1. The van der Waals surface area contributed by atoms with E-state index in [0.717, 1.165) is 5.52 Å². The van der Waals surface area contributed by atoms with Gasteiger partial charge < -0.3 is 24.4 Å². The van der Waals surface area contributed by atoms with E-state index in [1.165, 1.54) is 25.4 Å². The molecule has 37 heavy (non-hydrogen) atoms. The van der Waals surface area contributed by atoms with Gasteiger partial charge in [-0.15, -0.1) is 0 Å². The molecule has 1 N–H and O–H groups in total. The molecule has 0 aliphatic carbocycles. The third kappa shape index (κ3) is 5.06. The number of fused-ring (bicyclic) bond motifs is 1. The normalized spacial score (nSPS) is 15.6. The molecule has 0 radical (unpaired) electrons. The first kappa shape index (κ1) is 24.2. The number of carbonyl (C=O) groups is 2. The lowest BCUT2D eigenvalue weighted by Gasteiger charge is -2.41. The van der Waals surface area contributed by atoms with E-state index >= 15 is 0 Å². The number of amides is 2. The van der Waals surface area contributed by atoms with Gasteiger partial charge in [0.15, 0.2) is 5.65 Å². The maximum atomic E-state index is 14.2. The molecular formula is C26H26FN7O3. The van der Waals surface area contributed by atoms with Crippen molar-refractivity contribution in [3.05, 3.63) is 72.6 Å². The molecule has 1 aliphatic heterocycles. The van der Waals surface area contributed by atoms with Crippen LogP contribution in [0.2, 0.25) is 0 Å². The summed E-state index contributed by atoms with van der Waals surface area (Å²) in [5.74, 6) is -0.648. The van der Waals surface area contributed by atoms with Gasteiger partial charge in [-0.2, -0.15) is 0 Å². The Balaban J connectivity index is 1.30. The van der Waals surface area contributed by atoms with Crippen LogP contribution in [0.15, 0.2) is 61.2 Å². The second-order valence-corrected chi connectivity index (χ2v) is 8.80. The van der Waals surface area contributed by atoms with Gasteiger partial charge in [0, 0.05) is 55.5 Å². The fourth-order valence-corrected chi connectivity index (χ4v) is 4.56. The van der Waals surface area contributed by atoms with E-state index in [9.17, 15) is 14.0 Å². The average molecular weight is 504 g/mol. The zero-order valence-corrected chi connectivity index (χ0v) is 20.5. The topological polar surface area (TPSA) is 105 Å². The van der Waals surface area contributed by atoms with E-state index in [4.69, 9.17) is 4.74 Å². The number of anilines is 2. The van der Waals surface area contributed by atoms with Crippen molar-refractivity contribution in [2.45, 2.75) is 19.5 Å². The van der Waals surface area contributed by atoms with Crippen molar-refractivity contribution < 1.29 is 18.7 Å². The van der Waals surface area contributed by atoms with E-state index in [-0.39, 0.29) is 24.1 Å². The number of hydrogen-bond donors (Lipinski definition) is 1. The standard InChI is InChI=1S/C26H26FN7O3/c1-17-14-32(10-11-34(17)24(35)15-33-16-30-21-4-3-8-29-25(21)33)22-6-5-18(27)12-20(22)26(36)31-19-7-9-28-23(13-19)37-2/h3-9,12-13,16-17H,10-11,14-15H2,1-2H3,(H,28,31,36)/t17-/m1/s1. The number of piperazine rings is 1. The van der Waals surface area contributed by atoms with Gasteiger partial charge in [-0.05, 0) is 43.3 Å². The number of rotatable bonds is 6. The first-order chi connectivity index (χ1) is 17.9. The lowest BCUT2D eigenvalue weighted by molar-refractivity contribution is -0.134. The number of methoxy groups -OCH3 is 1. The first-order valence-corrected chi connectivity index (χ1v) is 11.8. The number of hydrogen-bond acceptors (Lipinski definition) is 7. The van der Waals surface area contributed by atoms with E-state index in [0.29, 0.717) is 42.5 Å². The van der Waals surface area contributed by atoms with Crippen LogP contribution in [0.1, 0.15) is 17.3 Å². The Morgan fingerprint density at radius 1 is 1.11 bits per heavy atom. The quantitative estimate of drug-likeness (QED) is 0.431. The summed E-state index contributed by atoms with van der Waals surface area (Å²) in [7, 11) is 1.48. The molecule has 0 spiro atoms. The molecule has 5 rings (SSSR count). The SMILES string of the molecule is COc1cc(NC(=O)c2cc(F)ccc2N2CCN(C(=O)Cn3cnc4cccnc43)[C@H](C)C2)ccn1. The monoisotopic (exact) mass is 503 g/mol. The Morgan fingerprint density at radius 2 is 1.97 bits per heavy atom. The molecule has 1 fully saturated rings. The minimum atomic E-state index is -0.510. The highest BCUT2D eigenvalue weighted by molar-refractivity contribution is 6.08. The molecule has 11 heteroatoms. The van der Waals surface area contributed by atoms with Crippen molar-refractivity contribution in [1.29, 1.82) is 0 Å². The van der Waals surface area contributed by atoms with Crippen molar-refractivity contribution in [2.75, 3.05) is 37.0 Å². The van der Waals surface area contributed by atoms with Crippen LogP contribution in [0, 0.1) is 5.82 Å². The van der Waals surface area contributed by atoms with Crippen LogP contribution in [-0.2, 0) is 11.3 Å². The van der Waals surface area contributed by atoms with Gasteiger partial charge in [0.05, 0.1) is 19.0 Å². The molecule has 4 heterocycles. The maximum Gasteiger partial charge on any atom is 0.257 e. The Labute approximate surface area is 212 Å². The third-order valence-electron chi connectivity index (χ3n) is 6.37. The first-order valence-electron chi connectivity index (χ1n) is 11.8. The Hall–Kier alpha value is -4.54. The zero-order chi connectivity index (χ0) is 25.9. The second-order valence-electron chi connectivity index (χ2n) is 8.80. The highest BCUT2D eigenvalue weighted by Crippen LogP contribution is 2.26. The van der Waals surface area contributed by atoms with E-state index in [1.807, 2.05) is 22.8 Å². The fraction of sp³-hybridized carbons (Fsp3) is 0.269. The van der Waals surface area contributed by atoms with Crippen LogP contribution in [0.4, 0.5) is 15.8 Å². The van der Waals surface area contributed by atoms with Crippen LogP contribution < -0.4 is 15.0 Å². The van der Waals surface area contributed by atoms with Crippen molar-refractivity contribution in [2.24, 2.45) is 0 Å². The summed E-state index contributed by atoms with van der Waals surface area (Å²) in [5, 5.41) is 2.79. The summed E-state index contributed by atoms with van der Waals surface area (Å²) < 4.78 is 21.0. The van der Waals surface area contributed by atoms with Gasteiger partial charge >= 0.3 is 0 Å². The highest BCUT2D eigenvalue weighted by atomic mass is 19.1. The van der Waals surface area contributed by atoms with Crippen molar-refractivity contribution in [3.63, 3.8) is 0 Å². The van der Waals surface area contributed by atoms with Crippen LogP contribution in [-0.4, -0.2) is 69.0 Å². The summed E-state index contributed by atoms with van der Waals surface area (Å²) in [6.45, 7) is 3.54. The van der Waals surface area contributed by atoms with E-state index in [1.54, 1.807) is 41.4 Å². The molecule has 0 unspecified atom stereocenters. The largest absolute Gasteiger partial charge is 0.481 e. The number of imidazole rings is 1. The number of halogens is 1. The summed E-state index contributed by atoms with van der Waals surface area (Å²) >= 11 is 0. The summed E-state index contributed by atoms with van der Waals surface area (Å²) in [4.78, 5) is 42.7. The van der Waals surface area contributed by atoms with E-state index in [2.05, 4.69) is 20.3 Å². The summed E-state index contributed by atoms with van der Waals surface area (Å²) in [5.41, 5.74) is 2.69. The van der Waals surface area contributed by atoms with Gasteiger partial charge in [0.1, 0.15) is 17.9 Å². The van der Waals surface area contributed by atoms with Crippen molar-refractivity contribution >= 4 is 34.4 Å². The third-order valence-corrected chi connectivity index (χ3v) is 6.37. The summed E-state index contributed by atoms with van der Waals surface area (Å²) in [6, 6.07) is 10.9. The number of pyridine rings is 2. The molecule has 190 valence electrons. The Bertz CT molecular complexity index is 1460.